The first kappa shape index (κ1) is 17.7. The first-order valence-corrected chi connectivity index (χ1v) is 7.72. The van der Waals surface area contributed by atoms with Crippen LogP contribution in [0.5, 0.6) is 0 Å². The van der Waals surface area contributed by atoms with Gasteiger partial charge in [-0.15, -0.1) is 0 Å². The number of allylic oxidation sites excluding steroid dienone is 1. The van der Waals surface area contributed by atoms with Gasteiger partial charge in [0.25, 0.3) is 0 Å². The van der Waals surface area contributed by atoms with E-state index < -0.39 is 0 Å². The molecule has 1 saturated carbocycles. The van der Waals surface area contributed by atoms with Gasteiger partial charge >= 0.3 is 5.97 Å². The highest BCUT2D eigenvalue weighted by atomic mass is 16.5. The molecule has 21 heavy (non-hydrogen) atoms. The van der Waals surface area contributed by atoms with E-state index >= 15 is 0 Å². The topological polar surface area (TPSA) is 52.6 Å². The van der Waals surface area contributed by atoms with E-state index in [-0.39, 0.29) is 23.6 Å². The van der Waals surface area contributed by atoms with Gasteiger partial charge in [0.1, 0.15) is 5.78 Å². The van der Waals surface area contributed by atoms with Gasteiger partial charge in [0, 0.05) is 6.42 Å². The van der Waals surface area contributed by atoms with Crippen molar-refractivity contribution in [2.24, 2.45) is 23.7 Å². The second-order valence-electron chi connectivity index (χ2n) is 6.17. The standard InChI is InChI=1S/C17H28O4/c1-11-6-8-15(13(3)17(19)21-5)16(10-20-4)14(11)9-7-12(2)18/h10-11,13-15H,6-9H2,1-5H3/b16-10+/t11-,13-,14+,15+/m1/s1. The Morgan fingerprint density at radius 1 is 1.33 bits per heavy atom. The number of rotatable bonds is 6. The Kier molecular flexibility index (Phi) is 6.93. The van der Waals surface area contributed by atoms with Crippen molar-refractivity contribution in [3.63, 3.8) is 0 Å². The van der Waals surface area contributed by atoms with Crippen LogP contribution in [-0.4, -0.2) is 26.0 Å². The molecule has 4 atom stereocenters. The van der Waals surface area contributed by atoms with Crippen molar-refractivity contribution >= 4 is 11.8 Å². The third-order valence-corrected chi connectivity index (χ3v) is 4.71. The highest BCUT2D eigenvalue weighted by Gasteiger charge is 2.38. The molecule has 0 amide bonds. The first-order valence-electron chi connectivity index (χ1n) is 7.72. The molecular formula is C17H28O4. The van der Waals surface area contributed by atoms with Gasteiger partial charge in [-0.1, -0.05) is 13.8 Å². The fraction of sp³-hybridized carbons (Fsp3) is 0.765. The number of hydrogen-bond donors (Lipinski definition) is 0. The summed E-state index contributed by atoms with van der Waals surface area (Å²) in [5, 5.41) is 0. The van der Waals surface area contributed by atoms with E-state index in [0.717, 1.165) is 24.8 Å². The number of carbonyl (C=O) groups excluding carboxylic acids is 2. The minimum atomic E-state index is -0.179. The Bertz CT molecular complexity index is 400. The largest absolute Gasteiger partial charge is 0.504 e. The third kappa shape index (κ3) is 4.58. The number of esters is 1. The molecule has 0 spiro atoms. The van der Waals surface area contributed by atoms with E-state index in [1.807, 2.05) is 6.92 Å². The van der Waals surface area contributed by atoms with Crippen molar-refractivity contribution in [1.29, 1.82) is 0 Å². The van der Waals surface area contributed by atoms with Crippen LogP contribution in [0.25, 0.3) is 0 Å². The van der Waals surface area contributed by atoms with Crippen LogP contribution in [0.3, 0.4) is 0 Å². The van der Waals surface area contributed by atoms with Gasteiger partial charge in [0.15, 0.2) is 0 Å². The van der Waals surface area contributed by atoms with Gasteiger partial charge in [0.05, 0.1) is 26.4 Å². The van der Waals surface area contributed by atoms with Crippen LogP contribution < -0.4 is 0 Å². The molecule has 1 aliphatic carbocycles. The lowest BCUT2D eigenvalue weighted by Crippen LogP contribution is -2.33. The normalized spacial score (nSPS) is 29.0. The molecule has 0 aromatic rings. The van der Waals surface area contributed by atoms with E-state index in [2.05, 4.69) is 6.92 Å². The fourth-order valence-corrected chi connectivity index (χ4v) is 3.42. The van der Waals surface area contributed by atoms with Gasteiger partial charge in [-0.25, -0.2) is 0 Å². The summed E-state index contributed by atoms with van der Waals surface area (Å²) in [6, 6.07) is 0. The van der Waals surface area contributed by atoms with Gasteiger partial charge in [-0.2, -0.15) is 0 Å². The zero-order valence-electron chi connectivity index (χ0n) is 13.8. The molecule has 0 unspecified atom stereocenters. The average molecular weight is 296 g/mol. The van der Waals surface area contributed by atoms with Gasteiger partial charge in [-0.3, -0.25) is 4.79 Å². The number of ketones is 1. The molecule has 0 radical (unpaired) electrons. The van der Waals surface area contributed by atoms with E-state index in [1.165, 1.54) is 7.11 Å². The van der Waals surface area contributed by atoms with Crippen LogP contribution in [-0.2, 0) is 19.1 Å². The summed E-state index contributed by atoms with van der Waals surface area (Å²) in [6.45, 7) is 5.76. The molecule has 0 saturated heterocycles. The molecule has 1 aliphatic rings. The predicted molar refractivity (Wildman–Crippen MR) is 81.6 cm³/mol. The maximum Gasteiger partial charge on any atom is 0.308 e. The minimum Gasteiger partial charge on any atom is -0.504 e. The Labute approximate surface area is 127 Å². The zero-order chi connectivity index (χ0) is 16.0. The summed E-state index contributed by atoms with van der Waals surface area (Å²) < 4.78 is 10.2. The third-order valence-electron chi connectivity index (χ3n) is 4.71. The lowest BCUT2D eigenvalue weighted by Gasteiger charge is -2.39. The van der Waals surface area contributed by atoms with Crippen LogP contribution in [0.15, 0.2) is 11.8 Å². The number of methoxy groups -OCH3 is 2. The number of Topliss-reactive ketones (excluding diaryl/α,β-unsaturated/α-hetero) is 1. The zero-order valence-corrected chi connectivity index (χ0v) is 13.8. The van der Waals surface area contributed by atoms with Crippen LogP contribution in [0.2, 0.25) is 0 Å². The second-order valence-corrected chi connectivity index (χ2v) is 6.17. The summed E-state index contributed by atoms with van der Waals surface area (Å²) in [6.07, 6.45) is 5.22. The van der Waals surface area contributed by atoms with Gasteiger partial charge < -0.3 is 14.3 Å². The maximum atomic E-state index is 11.9. The van der Waals surface area contributed by atoms with Crippen molar-refractivity contribution in [3.8, 4) is 0 Å². The Morgan fingerprint density at radius 3 is 2.52 bits per heavy atom. The highest BCUT2D eigenvalue weighted by Crippen LogP contribution is 2.44. The molecule has 4 nitrogen and oxygen atoms in total. The number of hydrogen-bond acceptors (Lipinski definition) is 4. The van der Waals surface area contributed by atoms with Crippen LogP contribution in [0.1, 0.15) is 46.5 Å². The Hall–Kier alpha value is -1.32. The molecule has 0 aliphatic heterocycles. The van der Waals surface area contributed by atoms with Crippen molar-refractivity contribution in [1.82, 2.24) is 0 Å². The second kappa shape index (κ2) is 8.20. The van der Waals surface area contributed by atoms with Crippen LogP contribution in [0, 0.1) is 23.7 Å². The van der Waals surface area contributed by atoms with Gasteiger partial charge in [0.2, 0.25) is 0 Å². The highest BCUT2D eigenvalue weighted by molar-refractivity contribution is 5.75. The summed E-state index contributed by atoms with van der Waals surface area (Å²) in [4.78, 5) is 23.2. The van der Waals surface area contributed by atoms with Gasteiger partial charge in [-0.05, 0) is 49.5 Å². The van der Waals surface area contributed by atoms with Crippen molar-refractivity contribution in [3.05, 3.63) is 11.8 Å². The maximum absolute atomic E-state index is 11.9. The summed E-state index contributed by atoms with van der Waals surface area (Å²) >= 11 is 0. The molecule has 4 heteroatoms. The first-order chi connectivity index (χ1) is 9.92. The molecule has 1 rings (SSSR count). The monoisotopic (exact) mass is 296 g/mol. The van der Waals surface area contributed by atoms with E-state index in [4.69, 9.17) is 9.47 Å². The smallest absolute Gasteiger partial charge is 0.308 e. The molecule has 1 fully saturated rings. The average Bonchev–Trinajstić information content (AvgIpc) is 2.45. The molecule has 0 heterocycles. The summed E-state index contributed by atoms with van der Waals surface area (Å²) in [5.41, 5.74) is 1.16. The number of carbonyl (C=O) groups is 2. The minimum absolute atomic E-state index is 0.144. The molecule has 0 N–H and O–H groups in total. The molecular weight excluding hydrogens is 268 g/mol. The van der Waals surface area contributed by atoms with Crippen LogP contribution >= 0.6 is 0 Å². The lowest BCUT2D eigenvalue weighted by molar-refractivity contribution is -0.146. The van der Waals surface area contributed by atoms with E-state index in [0.29, 0.717) is 18.3 Å². The molecule has 120 valence electrons. The van der Waals surface area contributed by atoms with Crippen LogP contribution in [0.4, 0.5) is 0 Å². The van der Waals surface area contributed by atoms with E-state index in [1.54, 1.807) is 20.3 Å². The lowest BCUT2D eigenvalue weighted by atomic mass is 9.66. The van der Waals surface area contributed by atoms with Crippen molar-refractivity contribution in [2.75, 3.05) is 14.2 Å². The molecule has 0 bridgehead atoms. The Morgan fingerprint density at radius 2 is 2.00 bits per heavy atom. The Balaban J connectivity index is 2.96. The fourth-order valence-electron chi connectivity index (χ4n) is 3.42. The number of ether oxygens (including phenoxy) is 2. The molecule has 0 aromatic heterocycles. The quantitative estimate of drug-likeness (QED) is 0.557. The van der Waals surface area contributed by atoms with E-state index in [9.17, 15) is 9.59 Å². The van der Waals surface area contributed by atoms with Crippen molar-refractivity contribution in [2.45, 2.75) is 46.5 Å². The van der Waals surface area contributed by atoms with Crippen molar-refractivity contribution < 1.29 is 19.1 Å². The SMILES string of the molecule is CO/C=C1\[C@@H](CCC(C)=O)[C@H](C)CC[C@H]1[C@@H](C)C(=O)OC. The summed E-state index contributed by atoms with van der Waals surface area (Å²) in [5.74, 6) is 0.810. The molecule has 0 aromatic carbocycles. The summed E-state index contributed by atoms with van der Waals surface area (Å²) in [7, 11) is 3.06. The predicted octanol–water partition coefficient (Wildman–Crippen LogP) is 3.36.